The van der Waals surface area contributed by atoms with E-state index in [2.05, 4.69) is 20.4 Å². The summed E-state index contributed by atoms with van der Waals surface area (Å²) in [6, 6.07) is 2.94. The normalized spacial score (nSPS) is 14.5. The van der Waals surface area contributed by atoms with Gasteiger partial charge in [-0.25, -0.2) is 9.78 Å². The van der Waals surface area contributed by atoms with Crippen molar-refractivity contribution < 1.29 is 14.7 Å². The second-order valence-corrected chi connectivity index (χ2v) is 6.79. The Kier molecular flexibility index (Phi) is 4.98. The van der Waals surface area contributed by atoms with Gasteiger partial charge >= 0.3 is 6.09 Å². The fraction of sp³-hybridized carbons (Fsp3) is 0.471. The summed E-state index contributed by atoms with van der Waals surface area (Å²) in [5, 5.41) is 15.8. The molecule has 0 aromatic carbocycles. The van der Waals surface area contributed by atoms with Crippen molar-refractivity contribution in [2.45, 2.75) is 25.8 Å². The Morgan fingerprint density at radius 3 is 2.52 bits per heavy atom. The molecule has 2 amide bonds. The molecule has 0 aliphatic heterocycles. The average Bonchev–Trinajstić information content (AvgIpc) is 3.37. The van der Waals surface area contributed by atoms with Crippen molar-refractivity contribution >= 4 is 23.6 Å². The number of rotatable bonds is 6. The molecule has 0 bridgehead atoms. The topological polar surface area (TPSA) is 116 Å². The summed E-state index contributed by atoms with van der Waals surface area (Å²) in [7, 11) is 5.34. The minimum atomic E-state index is -1.15. The van der Waals surface area contributed by atoms with Gasteiger partial charge in [0, 0.05) is 27.1 Å². The van der Waals surface area contributed by atoms with Gasteiger partial charge in [-0.3, -0.25) is 4.79 Å². The summed E-state index contributed by atoms with van der Waals surface area (Å²) in [5.74, 6) is 1.57. The molecule has 144 valence electrons. The van der Waals surface area contributed by atoms with Crippen LogP contribution in [0.2, 0.25) is 0 Å². The van der Waals surface area contributed by atoms with Crippen LogP contribution in [0.4, 0.5) is 16.4 Å². The highest BCUT2D eigenvalue weighted by Crippen LogP contribution is 2.32. The second-order valence-electron chi connectivity index (χ2n) is 6.79. The number of hydrogen-bond acceptors (Lipinski definition) is 6. The quantitative estimate of drug-likeness (QED) is 0.787. The van der Waals surface area contributed by atoms with E-state index < -0.39 is 12.1 Å². The molecule has 2 N–H and O–H groups in total. The third-order valence-corrected chi connectivity index (χ3v) is 4.34. The molecule has 10 heteroatoms. The Labute approximate surface area is 156 Å². The minimum absolute atomic E-state index is 0.0974. The van der Waals surface area contributed by atoms with Gasteiger partial charge in [-0.05, 0) is 31.9 Å². The number of anilines is 2. The third-order valence-electron chi connectivity index (χ3n) is 4.34. The van der Waals surface area contributed by atoms with Gasteiger partial charge in [-0.2, -0.15) is 9.67 Å². The average molecular weight is 373 g/mol. The first-order chi connectivity index (χ1) is 12.8. The number of amides is 2. The molecular formula is C17H23N7O3. The van der Waals surface area contributed by atoms with Crippen molar-refractivity contribution in [2.24, 2.45) is 5.92 Å². The van der Waals surface area contributed by atoms with E-state index in [-0.39, 0.29) is 11.8 Å². The van der Waals surface area contributed by atoms with Crippen LogP contribution in [0.15, 0.2) is 18.3 Å². The Balaban J connectivity index is 1.90. The number of hydrogen-bond donors (Lipinski definition) is 2. The highest BCUT2D eigenvalue weighted by atomic mass is 16.4. The number of aromatic nitrogens is 4. The van der Waals surface area contributed by atoms with Crippen molar-refractivity contribution in [1.29, 1.82) is 0 Å². The van der Waals surface area contributed by atoms with Gasteiger partial charge in [0.2, 0.25) is 11.9 Å². The Bertz CT molecular complexity index is 843. The monoisotopic (exact) mass is 373 g/mol. The van der Waals surface area contributed by atoms with Crippen LogP contribution < -0.4 is 15.1 Å². The van der Waals surface area contributed by atoms with E-state index in [0.29, 0.717) is 23.3 Å². The Morgan fingerprint density at radius 1 is 1.30 bits per heavy atom. The molecule has 1 fully saturated rings. The van der Waals surface area contributed by atoms with E-state index in [1.165, 1.54) is 4.68 Å². The van der Waals surface area contributed by atoms with Crippen LogP contribution in [-0.4, -0.2) is 58.0 Å². The SMILES string of the molecule is CC(NC(=O)O)c1nc(N(C)C)nn1-c1ccc(N(C)C(=O)C2CC2)cn1. The van der Waals surface area contributed by atoms with Crippen LogP contribution in [-0.2, 0) is 4.79 Å². The lowest BCUT2D eigenvalue weighted by molar-refractivity contribution is -0.119. The largest absolute Gasteiger partial charge is 0.465 e. The predicted octanol–water partition coefficient (Wildman–Crippen LogP) is 1.43. The first-order valence-electron chi connectivity index (χ1n) is 8.65. The van der Waals surface area contributed by atoms with Crippen molar-refractivity contribution in [1.82, 2.24) is 25.1 Å². The van der Waals surface area contributed by atoms with Crippen LogP contribution >= 0.6 is 0 Å². The van der Waals surface area contributed by atoms with Gasteiger partial charge in [0.25, 0.3) is 0 Å². The van der Waals surface area contributed by atoms with Gasteiger partial charge in [0.15, 0.2) is 11.6 Å². The molecule has 10 nitrogen and oxygen atoms in total. The Morgan fingerprint density at radius 2 is 2.00 bits per heavy atom. The molecule has 1 atom stereocenters. The van der Waals surface area contributed by atoms with E-state index in [1.807, 2.05) is 0 Å². The van der Waals surface area contributed by atoms with Crippen LogP contribution in [0.3, 0.4) is 0 Å². The van der Waals surface area contributed by atoms with Crippen LogP contribution in [0.25, 0.3) is 5.82 Å². The molecule has 2 aromatic rings. The zero-order valence-corrected chi connectivity index (χ0v) is 15.7. The standard InChI is InChI=1S/C17H23N7O3/c1-10(19-17(26)27)14-20-16(22(2)3)21-24(14)13-8-7-12(9-18-13)23(4)15(25)11-5-6-11/h7-11,19H,5-6H2,1-4H3,(H,26,27). The predicted molar refractivity (Wildman–Crippen MR) is 99.2 cm³/mol. The fourth-order valence-corrected chi connectivity index (χ4v) is 2.63. The first kappa shape index (κ1) is 18.6. The zero-order chi connectivity index (χ0) is 19.7. The second kappa shape index (κ2) is 7.22. The van der Waals surface area contributed by atoms with E-state index in [0.717, 1.165) is 12.8 Å². The summed E-state index contributed by atoms with van der Waals surface area (Å²) < 4.78 is 1.50. The van der Waals surface area contributed by atoms with E-state index >= 15 is 0 Å². The molecule has 1 unspecified atom stereocenters. The number of nitrogens with one attached hydrogen (secondary N) is 1. The molecule has 27 heavy (non-hydrogen) atoms. The number of carboxylic acid groups (broad SMARTS) is 1. The van der Waals surface area contributed by atoms with E-state index in [4.69, 9.17) is 5.11 Å². The molecule has 2 aromatic heterocycles. The highest BCUT2D eigenvalue weighted by molar-refractivity contribution is 5.95. The van der Waals surface area contributed by atoms with E-state index in [1.54, 1.807) is 56.2 Å². The van der Waals surface area contributed by atoms with Gasteiger partial charge in [0.05, 0.1) is 17.9 Å². The maximum atomic E-state index is 12.2. The molecule has 0 radical (unpaired) electrons. The summed E-state index contributed by atoms with van der Waals surface area (Å²) in [5.41, 5.74) is 0.696. The zero-order valence-electron chi connectivity index (χ0n) is 15.7. The smallest absolute Gasteiger partial charge is 0.405 e. The molecule has 1 aliphatic carbocycles. The fourth-order valence-electron chi connectivity index (χ4n) is 2.63. The van der Waals surface area contributed by atoms with Crippen LogP contribution in [0, 0.1) is 5.92 Å². The maximum absolute atomic E-state index is 12.2. The lowest BCUT2D eigenvalue weighted by Gasteiger charge is -2.17. The molecule has 0 spiro atoms. The van der Waals surface area contributed by atoms with Crippen molar-refractivity contribution in [3.63, 3.8) is 0 Å². The first-order valence-corrected chi connectivity index (χ1v) is 8.65. The molecule has 1 aliphatic rings. The minimum Gasteiger partial charge on any atom is -0.465 e. The van der Waals surface area contributed by atoms with Crippen LogP contribution in [0.5, 0.6) is 0 Å². The number of pyridine rings is 1. The molecule has 0 saturated heterocycles. The third kappa shape index (κ3) is 3.99. The summed E-state index contributed by atoms with van der Waals surface area (Å²) in [4.78, 5) is 35.3. The lowest BCUT2D eigenvalue weighted by atomic mass is 10.3. The van der Waals surface area contributed by atoms with Gasteiger partial charge in [0.1, 0.15) is 0 Å². The van der Waals surface area contributed by atoms with Gasteiger partial charge in [-0.1, -0.05) is 0 Å². The van der Waals surface area contributed by atoms with E-state index in [9.17, 15) is 9.59 Å². The van der Waals surface area contributed by atoms with Crippen molar-refractivity contribution in [3.05, 3.63) is 24.2 Å². The molecular weight excluding hydrogens is 350 g/mol. The van der Waals surface area contributed by atoms with Gasteiger partial charge < -0.3 is 20.2 Å². The molecule has 3 rings (SSSR count). The number of carbonyl (C=O) groups excluding carboxylic acids is 1. The maximum Gasteiger partial charge on any atom is 0.405 e. The van der Waals surface area contributed by atoms with Crippen LogP contribution in [0.1, 0.15) is 31.6 Å². The number of nitrogens with zero attached hydrogens (tertiary/aromatic N) is 6. The Hall–Kier alpha value is -3.17. The van der Waals surface area contributed by atoms with Crippen molar-refractivity contribution in [2.75, 3.05) is 30.9 Å². The highest BCUT2D eigenvalue weighted by Gasteiger charge is 2.32. The summed E-state index contributed by atoms with van der Waals surface area (Å²) >= 11 is 0. The molecule has 1 saturated carbocycles. The summed E-state index contributed by atoms with van der Waals surface area (Å²) in [6.07, 6.45) is 2.34. The lowest BCUT2D eigenvalue weighted by Crippen LogP contribution is -2.28. The van der Waals surface area contributed by atoms with Crippen molar-refractivity contribution in [3.8, 4) is 5.82 Å². The molecule has 2 heterocycles. The van der Waals surface area contributed by atoms with Gasteiger partial charge in [-0.15, -0.1) is 5.10 Å². The number of carbonyl (C=O) groups is 2. The summed E-state index contributed by atoms with van der Waals surface area (Å²) in [6.45, 7) is 1.69.